The smallest absolute Gasteiger partial charge is 0.339 e. The lowest BCUT2D eigenvalue weighted by atomic mass is 10.1. The fraction of sp³-hybridized carbons (Fsp3) is 0.400. The van der Waals surface area contributed by atoms with Crippen molar-refractivity contribution in [2.75, 3.05) is 18.1 Å². The van der Waals surface area contributed by atoms with Crippen molar-refractivity contribution in [2.24, 2.45) is 0 Å². The van der Waals surface area contributed by atoms with Gasteiger partial charge in [0, 0.05) is 11.4 Å². The number of esters is 1. The molecule has 1 N–H and O–H groups in total. The Labute approximate surface area is 179 Å². The number of hydrogen-bond acceptors (Lipinski definition) is 5. The van der Waals surface area contributed by atoms with Gasteiger partial charge in [-0.1, -0.05) is 0 Å². The van der Waals surface area contributed by atoms with Gasteiger partial charge in [-0.25, -0.2) is 17.6 Å². The van der Waals surface area contributed by atoms with Crippen LogP contribution in [0.1, 0.15) is 23.0 Å². The van der Waals surface area contributed by atoms with E-state index in [1.54, 1.807) is 36.6 Å². The number of nitrogens with one attached hydrogen (secondary N) is 1. The first kappa shape index (κ1) is 22.3. The quantitative estimate of drug-likeness (QED) is 0.531. The summed E-state index contributed by atoms with van der Waals surface area (Å²) >= 11 is 6.07. The number of alkyl halides is 1. The van der Waals surface area contributed by atoms with E-state index >= 15 is 0 Å². The van der Waals surface area contributed by atoms with E-state index in [0.29, 0.717) is 22.5 Å². The molecule has 1 amide bonds. The third kappa shape index (κ3) is 4.84. The molecule has 162 valence electrons. The number of ether oxygens (including phenoxy) is 1. The summed E-state index contributed by atoms with van der Waals surface area (Å²) in [6, 6.07) is 6.58. The van der Waals surface area contributed by atoms with Crippen LogP contribution in [0.5, 0.6) is 0 Å². The number of benzene rings is 1. The molecule has 30 heavy (non-hydrogen) atoms. The molecule has 10 heteroatoms. The molecule has 2 atom stereocenters. The van der Waals surface area contributed by atoms with Gasteiger partial charge in [0.25, 0.3) is 0 Å². The van der Waals surface area contributed by atoms with Crippen LogP contribution < -0.4 is 5.32 Å². The molecular formula is C20H22ClFN2O5S. The van der Waals surface area contributed by atoms with Crippen LogP contribution in [0.4, 0.5) is 4.39 Å². The fourth-order valence-electron chi connectivity index (χ4n) is 3.46. The maximum atomic E-state index is 13.3. The van der Waals surface area contributed by atoms with Crippen molar-refractivity contribution >= 4 is 33.3 Å². The molecule has 2 aromatic rings. The van der Waals surface area contributed by atoms with Gasteiger partial charge in [-0.3, -0.25) is 4.79 Å². The number of nitrogens with zero attached hydrogens (tertiary/aromatic N) is 1. The van der Waals surface area contributed by atoms with Crippen LogP contribution in [0.25, 0.3) is 11.3 Å². The molecule has 3 rings (SSSR count). The summed E-state index contributed by atoms with van der Waals surface area (Å²) in [4.78, 5) is 25.0. The second-order valence-electron chi connectivity index (χ2n) is 7.11. The predicted octanol–water partition coefficient (Wildman–Crippen LogP) is 2.30. The monoisotopic (exact) mass is 456 g/mol. The summed E-state index contributed by atoms with van der Waals surface area (Å²) in [5, 5.41) is 1.97. The Balaban J connectivity index is 1.91. The lowest BCUT2D eigenvalue weighted by Crippen LogP contribution is -2.42. The maximum absolute atomic E-state index is 13.3. The number of sulfone groups is 1. The normalized spacial score (nSPS) is 20.1. The second-order valence-corrected chi connectivity index (χ2v) is 9.82. The Hall–Kier alpha value is -2.39. The topological polar surface area (TPSA) is 94.5 Å². The highest BCUT2D eigenvalue weighted by molar-refractivity contribution is 7.91. The van der Waals surface area contributed by atoms with Gasteiger partial charge in [-0.15, -0.1) is 11.6 Å². The summed E-state index contributed by atoms with van der Waals surface area (Å²) in [6.07, 6.45) is 0. The molecule has 1 aromatic heterocycles. The van der Waals surface area contributed by atoms with E-state index < -0.39 is 38.9 Å². The number of rotatable bonds is 6. The molecule has 0 aliphatic carbocycles. The molecule has 1 fully saturated rings. The van der Waals surface area contributed by atoms with E-state index in [0.717, 1.165) is 0 Å². The van der Waals surface area contributed by atoms with Gasteiger partial charge in [-0.05, 0) is 49.7 Å². The maximum Gasteiger partial charge on any atom is 0.339 e. The van der Waals surface area contributed by atoms with Gasteiger partial charge in [-0.2, -0.15) is 0 Å². The van der Waals surface area contributed by atoms with Gasteiger partial charge in [0.15, 0.2) is 9.84 Å². The van der Waals surface area contributed by atoms with Gasteiger partial charge in [0.1, 0.15) is 12.4 Å². The summed E-state index contributed by atoms with van der Waals surface area (Å²) < 4.78 is 43.5. The first-order valence-electron chi connectivity index (χ1n) is 9.38. The molecule has 0 radical (unpaired) electrons. The summed E-state index contributed by atoms with van der Waals surface area (Å²) in [7, 11) is -3.29. The summed E-state index contributed by atoms with van der Waals surface area (Å²) in [6.45, 7) is 3.40. The van der Waals surface area contributed by atoms with Gasteiger partial charge in [0.2, 0.25) is 5.91 Å². The van der Waals surface area contributed by atoms with Crippen molar-refractivity contribution in [3.05, 3.63) is 47.4 Å². The molecule has 7 nitrogen and oxygen atoms in total. The first-order chi connectivity index (χ1) is 14.1. The van der Waals surface area contributed by atoms with Gasteiger partial charge < -0.3 is 14.6 Å². The van der Waals surface area contributed by atoms with E-state index in [1.807, 2.05) is 0 Å². The van der Waals surface area contributed by atoms with E-state index in [1.165, 1.54) is 12.1 Å². The van der Waals surface area contributed by atoms with Crippen LogP contribution in [-0.2, 0) is 25.9 Å². The van der Waals surface area contributed by atoms with E-state index in [2.05, 4.69) is 5.32 Å². The highest BCUT2D eigenvalue weighted by atomic mass is 35.5. The van der Waals surface area contributed by atoms with Crippen LogP contribution >= 0.6 is 11.6 Å². The second kappa shape index (κ2) is 8.77. The molecular weight excluding hydrogens is 435 g/mol. The van der Waals surface area contributed by atoms with Gasteiger partial charge in [0.05, 0.1) is 35.1 Å². The molecule has 1 aliphatic heterocycles. The SMILES string of the molecule is CCOC(=O)c1cc(-c2ccc(F)cc2)n(CC(=O)N[C@H]2CS(=O)(=O)C[C@H]2Cl)c1C. The van der Waals surface area contributed by atoms with Crippen LogP contribution in [0.2, 0.25) is 0 Å². The van der Waals surface area contributed by atoms with Crippen molar-refractivity contribution in [1.82, 2.24) is 9.88 Å². The zero-order valence-corrected chi connectivity index (χ0v) is 18.1. The summed E-state index contributed by atoms with van der Waals surface area (Å²) in [5.41, 5.74) is 1.95. The van der Waals surface area contributed by atoms with E-state index in [9.17, 15) is 22.4 Å². The van der Waals surface area contributed by atoms with Crippen molar-refractivity contribution in [3.63, 3.8) is 0 Å². The van der Waals surface area contributed by atoms with Crippen molar-refractivity contribution in [1.29, 1.82) is 0 Å². The Morgan fingerprint density at radius 1 is 1.27 bits per heavy atom. The van der Waals surface area contributed by atoms with Crippen LogP contribution in [0.3, 0.4) is 0 Å². The zero-order valence-electron chi connectivity index (χ0n) is 16.5. The number of aromatic nitrogens is 1. The first-order valence-corrected chi connectivity index (χ1v) is 11.6. The highest BCUT2D eigenvalue weighted by Crippen LogP contribution is 2.27. The molecule has 0 spiro atoms. The Morgan fingerprint density at radius 2 is 1.93 bits per heavy atom. The van der Waals surface area contributed by atoms with Gasteiger partial charge >= 0.3 is 5.97 Å². The molecule has 1 saturated heterocycles. The summed E-state index contributed by atoms with van der Waals surface area (Å²) in [5.74, 6) is -1.78. The number of carbonyl (C=O) groups is 2. The minimum absolute atomic E-state index is 0.169. The molecule has 1 aliphatic rings. The third-order valence-electron chi connectivity index (χ3n) is 4.93. The lowest BCUT2D eigenvalue weighted by Gasteiger charge is -2.17. The minimum atomic E-state index is -3.29. The van der Waals surface area contributed by atoms with E-state index in [-0.39, 0.29) is 24.7 Å². The minimum Gasteiger partial charge on any atom is -0.462 e. The van der Waals surface area contributed by atoms with Crippen molar-refractivity contribution in [3.8, 4) is 11.3 Å². The highest BCUT2D eigenvalue weighted by Gasteiger charge is 2.37. The molecule has 0 unspecified atom stereocenters. The Bertz CT molecular complexity index is 1070. The van der Waals surface area contributed by atoms with Crippen LogP contribution in [-0.4, -0.2) is 54.4 Å². The standard InChI is InChI=1S/C20H22ClFN2O5S/c1-3-29-20(26)15-8-18(13-4-6-14(22)7-5-13)24(12(15)2)9-19(25)23-17-11-30(27,28)10-16(17)21/h4-8,16-17H,3,9-11H2,1-2H3,(H,23,25)/t16-,17+/m1/s1. The largest absolute Gasteiger partial charge is 0.462 e. The van der Waals surface area contributed by atoms with Crippen LogP contribution in [0, 0.1) is 12.7 Å². The molecule has 1 aromatic carbocycles. The average Bonchev–Trinajstić information content (AvgIpc) is 3.11. The van der Waals surface area contributed by atoms with Crippen molar-refractivity contribution < 1.29 is 27.1 Å². The fourth-order valence-corrected chi connectivity index (χ4v) is 6.01. The Kier molecular flexibility index (Phi) is 6.52. The Morgan fingerprint density at radius 3 is 2.50 bits per heavy atom. The number of amides is 1. The predicted molar refractivity (Wildman–Crippen MR) is 111 cm³/mol. The van der Waals surface area contributed by atoms with Crippen molar-refractivity contribution in [2.45, 2.75) is 31.8 Å². The third-order valence-corrected chi connectivity index (χ3v) is 7.31. The molecule has 2 heterocycles. The van der Waals surface area contributed by atoms with Crippen LogP contribution in [0.15, 0.2) is 30.3 Å². The zero-order chi connectivity index (χ0) is 22.1. The number of hydrogen-bond donors (Lipinski definition) is 1. The van der Waals surface area contributed by atoms with E-state index in [4.69, 9.17) is 16.3 Å². The lowest BCUT2D eigenvalue weighted by molar-refractivity contribution is -0.122. The molecule has 0 bridgehead atoms. The average molecular weight is 457 g/mol. The number of carbonyl (C=O) groups excluding carboxylic acids is 2. The number of halogens is 2. The molecule has 0 saturated carbocycles.